The van der Waals surface area contributed by atoms with Crippen molar-refractivity contribution in [3.05, 3.63) is 58.0 Å². The molecular formula is C17H17N3O2. The van der Waals surface area contributed by atoms with Gasteiger partial charge in [0.2, 0.25) is 5.90 Å². The number of aliphatic imine (C=N–C) groups is 1. The van der Waals surface area contributed by atoms with Crippen LogP contribution in [0.3, 0.4) is 0 Å². The molecule has 0 N–H and O–H groups in total. The number of hydrogen-bond donors (Lipinski definition) is 0. The van der Waals surface area contributed by atoms with Crippen molar-refractivity contribution in [2.45, 2.75) is 20.8 Å². The molecule has 0 saturated heterocycles. The number of carbonyl (C=O) groups excluding carboxylic acids is 1. The molecule has 0 unspecified atom stereocenters. The maximum absolute atomic E-state index is 12.0. The summed E-state index contributed by atoms with van der Waals surface area (Å²) in [5, 5.41) is 4.34. The van der Waals surface area contributed by atoms with Crippen LogP contribution in [0.2, 0.25) is 0 Å². The molecule has 0 bridgehead atoms. The molecule has 1 aliphatic rings. The number of aryl methyl sites for hydroxylation is 3. The number of hydrogen-bond acceptors (Lipinski definition) is 4. The number of nitrogens with zero attached hydrogens (tertiary/aromatic N) is 3. The van der Waals surface area contributed by atoms with Crippen LogP contribution >= 0.6 is 0 Å². The predicted molar refractivity (Wildman–Crippen MR) is 84.5 cm³/mol. The molecule has 112 valence electrons. The highest BCUT2D eigenvalue weighted by Crippen LogP contribution is 2.22. The first-order valence-electron chi connectivity index (χ1n) is 7.05. The van der Waals surface area contributed by atoms with Gasteiger partial charge in [-0.2, -0.15) is 5.10 Å². The summed E-state index contributed by atoms with van der Waals surface area (Å²) in [5.74, 6) is -0.0849. The summed E-state index contributed by atoms with van der Waals surface area (Å²) in [7, 11) is 1.87. The van der Waals surface area contributed by atoms with Gasteiger partial charge < -0.3 is 4.74 Å². The average molecular weight is 295 g/mol. The molecule has 0 aliphatic carbocycles. The minimum absolute atomic E-state index is 0.302. The highest BCUT2D eigenvalue weighted by atomic mass is 16.6. The summed E-state index contributed by atoms with van der Waals surface area (Å²) in [6.45, 7) is 5.85. The van der Waals surface area contributed by atoms with Gasteiger partial charge in [0.05, 0.1) is 5.69 Å². The van der Waals surface area contributed by atoms with E-state index in [2.05, 4.69) is 10.1 Å². The highest BCUT2D eigenvalue weighted by Gasteiger charge is 2.25. The molecule has 0 fully saturated rings. The Morgan fingerprint density at radius 1 is 1.23 bits per heavy atom. The second kappa shape index (κ2) is 5.26. The van der Waals surface area contributed by atoms with Gasteiger partial charge in [-0.3, -0.25) is 4.68 Å². The van der Waals surface area contributed by atoms with Crippen LogP contribution < -0.4 is 0 Å². The summed E-state index contributed by atoms with van der Waals surface area (Å²) < 4.78 is 7.07. The maximum Gasteiger partial charge on any atom is 0.363 e. The van der Waals surface area contributed by atoms with Crippen molar-refractivity contribution in [2.24, 2.45) is 12.0 Å². The maximum atomic E-state index is 12.0. The van der Waals surface area contributed by atoms with E-state index in [1.54, 1.807) is 10.8 Å². The number of cyclic esters (lactones) is 1. The monoisotopic (exact) mass is 295 g/mol. The van der Waals surface area contributed by atoms with Crippen molar-refractivity contribution in [1.29, 1.82) is 0 Å². The quantitative estimate of drug-likeness (QED) is 0.632. The molecule has 1 aromatic carbocycles. The summed E-state index contributed by atoms with van der Waals surface area (Å²) in [6, 6.07) is 7.72. The van der Waals surface area contributed by atoms with E-state index in [1.807, 2.05) is 52.1 Å². The molecule has 3 rings (SSSR count). The van der Waals surface area contributed by atoms with E-state index in [-0.39, 0.29) is 0 Å². The van der Waals surface area contributed by atoms with Crippen molar-refractivity contribution in [1.82, 2.24) is 9.78 Å². The molecule has 22 heavy (non-hydrogen) atoms. The fourth-order valence-electron chi connectivity index (χ4n) is 2.45. The number of ether oxygens (including phenoxy) is 1. The molecule has 0 saturated carbocycles. The Bertz CT molecular complexity index is 828. The van der Waals surface area contributed by atoms with Crippen molar-refractivity contribution < 1.29 is 9.53 Å². The summed E-state index contributed by atoms with van der Waals surface area (Å²) >= 11 is 0. The number of esters is 1. The van der Waals surface area contributed by atoms with Gasteiger partial charge in [-0.25, -0.2) is 9.79 Å². The lowest BCUT2D eigenvalue weighted by molar-refractivity contribution is -0.129. The fourth-order valence-corrected chi connectivity index (χ4v) is 2.45. The lowest BCUT2D eigenvalue weighted by Crippen LogP contribution is -2.05. The lowest BCUT2D eigenvalue weighted by atomic mass is 10.1. The van der Waals surface area contributed by atoms with Crippen LogP contribution in [0.1, 0.15) is 28.1 Å². The molecular weight excluding hydrogens is 278 g/mol. The smallest absolute Gasteiger partial charge is 0.363 e. The van der Waals surface area contributed by atoms with E-state index in [4.69, 9.17) is 4.74 Å². The lowest BCUT2D eigenvalue weighted by Gasteiger charge is -1.99. The Kier molecular flexibility index (Phi) is 3.41. The molecule has 0 amide bonds. The van der Waals surface area contributed by atoms with Crippen molar-refractivity contribution in [3.8, 4) is 0 Å². The zero-order chi connectivity index (χ0) is 15.9. The van der Waals surface area contributed by atoms with Crippen LogP contribution in [0, 0.1) is 20.8 Å². The Morgan fingerprint density at radius 3 is 2.64 bits per heavy atom. The zero-order valence-corrected chi connectivity index (χ0v) is 13.0. The first-order chi connectivity index (χ1) is 10.5. The Morgan fingerprint density at radius 2 is 2.00 bits per heavy atom. The molecule has 0 atom stereocenters. The standard InChI is InChI=1S/C17H17N3O2/c1-10-6-5-7-13(8-10)16-18-15(17(21)22-16)9-14-11(2)19-20(4)12(14)3/h5-9H,1-4H3/b15-9-. The zero-order valence-electron chi connectivity index (χ0n) is 13.0. The Labute approximate surface area is 128 Å². The number of aromatic nitrogens is 2. The van der Waals surface area contributed by atoms with Gasteiger partial charge in [0.25, 0.3) is 0 Å². The van der Waals surface area contributed by atoms with Crippen molar-refractivity contribution in [3.63, 3.8) is 0 Å². The van der Waals surface area contributed by atoms with E-state index in [0.29, 0.717) is 11.6 Å². The second-order valence-corrected chi connectivity index (χ2v) is 5.41. The molecule has 0 spiro atoms. The largest absolute Gasteiger partial charge is 0.402 e. The minimum atomic E-state index is -0.431. The molecule has 2 heterocycles. The predicted octanol–water partition coefficient (Wildman–Crippen LogP) is 2.69. The Hall–Kier alpha value is -2.69. The van der Waals surface area contributed by atoms with Crippen LogP contribution in [0.15, 0.2) is 35.0 Å². The number of rotatable bonds is 2. The summed E-state index contributed by atoms with van der Waals surface area (Å²) in [5.41, 5.74) is 4.94. The van der Waals surface area contributed by atoms with Crippen LogP contribution in [0.4, 0.5) is 0 Å². The van der Waals surface area contributed by atoms with Gasteiger partial charge in [0, 0.05) is 23.9 Å². The van der Waals surface area contributed by atoms with Gasteiger partial charge in [-0.15, -0.1) is 0 Å². The van der Waals surface area contributed by atoms with Crippen LogP contribution in [0.5, 0.6) is 0 Å². The topological polar surface area (TPSA) is 56.5 Å². The van der Waals surface area contributed by atoms with Crippen LogP contribution in [-0.2, 0) is 16.6 Å². The third kappa shape index (κ3) is 2.45. The molecule has 5 heteroatoms. The minimum Gasteiger partial charge on any atom is -0.402 e. The van der Waals surface area contributed by atoms with E-state index in [9.17, 15) is 4.79 Å². The summed E-state index contributed by atoms with van der Waals surface area (Å²) in [4.78, 5) is 16.4. The first kappa shape index (κ1) is 14.3. The SMILES string of the molecule is Cc1cccc(C2=N/C(=C\c3c(C)nn(C)c3C)C(=O)O2)c1. The van der Waals surface area contributed by atoms with Gasteiger partial charge in [0.15, 0.2) is 5.70 Å². The van der Waals surface area contributed by atoms with E-state index in [0.717, 1.165) is 28.1 Å². The normalized spacial score (nSPS) is 16.1. The molecule has 0 radical (unpaired) electrons. The fraction of sp³-hybridized carbons (Fsp3) is 0.235. The third-order valence-electron chi connectivity index (χ3n) is 3.73. The van der Waals surface area contributed by atoms with Crippen molar-refractivity contribution in [2.75, 3.05) is 0 Å². The van der Waals surface area contributed by atoms with Gasteiger partial charge in [-0.1, -0.05) is 17.7 Å². The highest BCUT2D eigenvalue weighted by molar-refractivity contribution is 6.13. The van der Waals surface area contributed by atoms with Crippen LogP contribution in [0.25, 0.3) is 6.08 Å². The first-order valence-corrected chi connectivity index (χ1v) is 7.05. The second-order valence-electron chi connectivity index (χ2n) is 5.41. The van der Waals surface area contributed by atoms with Crippen LogP contribution in [-0.4, -0.2) is 21.6 Å². The van der Waals surface area contributed by atoms with E-state index >= 15 is 0 Å². The Balaban J connectivity index is 2.01. The van der Waals surface area contributed by atoms with Crippen molar-refractivity contribution >= 4 is 17.9 Å². The van der Waals surface area contributed by atoms with E-state index < -0.39 is 5.97 Å². The van der Waals surface area contributed by atoms with E-state index in [1.165, 1.54) is 0 Å². The van der Waals surface area contributed by atoms with Gasteiger partial charge >= 0.3 is 5.97 Å². The molecule has 2 aromatic rings. The third-order valence-corrected chi connectivity index (χ3v) is 3.73. The molecule has 5 nitrogen and oxygen atoms in total. The number of carbonyl (C=O) groups is 1. The van der Waals surface area contributed by atoms with Gasteiger partial charge in [0.1, 0.15) is 0 Å². The van der Waals surface area contributed by atoms with Gasteiger partial charge in [-0.05, 0) is 39.0 Å². The molecule has 1 aromatic heterocycles. The number of benzene rings is 1. The molecule has 1 aliphatic heterocycles. The average Bonchev–Trinajstić information content (AvgIpc) is 2.95. The summed E-state index contributed by atoms with van der Waals surface area (Å²) in [6.07, 6.45) is 1.74.